The van der Waals surface area contributed by atoms with Crippen molar-refractivity contribution >= 4 is 33.8 Å². The molecule has 2 aromatic rings. The Kier molecular flexibility index (Phi) is 5.23. The number of benzene rings is 1. The second-order valence-electron chi connectivity index (χ2n) is 7.38. The van der Waals surface area contributed by atoms with Gasteiger partial charge in [-0.3, -0.25) is 9.59 Å². The molecular weight excluding hydrogens is 376 g/mol. The van der Waals surface area contributed by atoms with Gasteiger partial charge in [-0.15, -0.1) is 11.3 Å². The van der Waals surface area contributed by atoms with Crippen molar-refractivity contribution in [1.82, 2.24) is 0 Å². The number of aryl methyl sites for hydroxylation is 1. The van der Waals surface area contributed by atoms with Crippen molar-refractivity contribution in [2.24, 2.45) is 5.73 Å². The average Bonchev–Trinajstić information content (AvgIpc) is 3.23. The lowest BCUT2D eigenvalue weighted by atomic mass is 10.1. The number of nitrogens with one attached hydrogen (secondary N) is 2. The van der Waals surface area contributed by atoms with E-state index in [-0.39, 0.29) is 11.7 Å². The number of rotatable bonds is 5. The first-order valence-corrected chi connectivity index (χ1v) is 10.5. The number of phenols is 1. The fraction of sp³-hybridized carbons (Fsp3) is 0.400. The average molecular weight is 402 g/mol. The maximum absolute atomic E-state index is 12.6. The van der Waals surface area contributed by atoms with Crippen molar-refractivity contribution in [3.8, 4) is 5.75 Å². The highest BCUT2D eigenvalue weighted by atomic mass is 32.1. The van der Waals surface area contributed by atoms with Crippen molar-refractivity contribution < 1.29 is 19.6 Å². The second kappa shape index (κ2) is 7.81. The normalized spacial score (nSPS) is 16.8. The number of nitrogens with zero attached hydrogens (tertiary/aromatic N) is 1. The third-order valence-corrected chi connectivity index (χ3v) is 6.73. The first-order chi connectivity index (χ1) is 13.5. The standard InChI is InChI=1S/C20H24N4O3S/c21-19(27)18-13-4-3-7-16(13)28-20(18)22-17(26)12-23-8-10-24(11-9-23)14-5-1-2-6-15(14)25/h1-2,5-6,25H,3-4,7-12H2,(H2,21,27)(H,22,26)/p+1. The molecule has 148 valence electrons. The zero-order valence-electron chi connectivity index (χ0n) is 15.7. The fourth-order valence-corrected chi connectivity index (χ4v) is 5.43. The number of hydrogen-bond acceptors (Lipinski definition) is 5. The van der Waals surface area contributed by atoms with Gasteiger partial charge in [-0.25, -0.2) is 0 Å². The number of anilines is 2. The summed E-state index contributed by atoms with van der Waals surface area (Å²) in [5, 5.41) is 13.5. The Labute approximate surface area is 167 Å². The Balaban J connectivity index is 1.35. The van der Waals surface area contributed by atoms with Gasteiger partial charge in [0, 0.05) is 4.88 Å². The van der Waals surface area contributed by atoms with E-state index < -0.39 is 5.91 Å². The molecule has 4 rings (SSSR count). The quantitative estimate of drug-likeness (QED) is 0.582. The van der Waals surface area contributed by atoms with E-state index in [1.54, 1.807) is 6.07 Å². The predicted molar refractivity (Wildman–Crippen MR) is 109 cm³/mol. The molecule has 1 aromatic carbocycles. The number of para-hydroxylation sites is 2. The highest BCUT2D eigenvalue weighted by Gasteiger charge is 2.28. The molecule has 1 saturated heterocycles. The van der Waals surface area contributed by atoms with E-state index in [2.05, 4.69) is 10.2 Å². The number of piperazine rings is 1. The van der Waals surface area contributed by atoms with Gasteiger partial charge in [-0.2, -0.15) is 0 Å². The van der Waals surface area contributed by atoms with Crippen molar-refractivity contribution in [3.63, 3.8) is 0 Å². The Hall–Kier alpha value is -2.58. The predicted octanol–water partition coefficient (Wildman–Crippen LogP) is 0.385. The minimum Gasteiger partial charge on any atom is -0.506 e. The lowest BCUT2D eigenvalue weighted by Gasteiger charge is -2.33. The molecule has 8 heteroatoms. The van der Waals surface area contributed by atoms with Crippen LogP contribution in [0.4, 0.5) is 10.7 Å². The summed E-state index contributed by atoms with van der Waals surface area (Å²) in [6.07, 6.45) is 2.86. The van der Waals surface area contributed by atoms with Gasteiger partial charge in [-0.05, 0) is 37.0 Å². The molecule has 0 saturated carbocycles. The summed E-state index contributed by atoms with van der Waals surface area (Å²) >= 11 is 1.49. The van der Waals surface area contributed by atoms with E-state index in [9.17, 15) is 14.7 Å². The molecule has 7 nitrogen and oxygen atoms in total. The molecule has 1 fully saturated rings. The van der Waals surface area contributed by atoms with Crippen molar-refractivity contribution in [2.75, 3.05) is 42.9 Å². The van der Waals surface area contributed by atoms with Crippen LogP contribution in [-0.2, 0) is 17.6 Å². The summed E-state index contributed by atoms with van der Waals surface area (Å²) in [5.41, 5.74) is 7.93. The van der Waals surface area contributed by atoms with Gasteiger partial charge in [0.05, 0.1) is 37.4 Å². The number of amides is 2. The monoisotopic (exact) mass is 401 g/mol. The van der Waals surface area contributed by atoms with E-state index in [0.717, 1.165) is 56.7 Å². The topological polar surface area (TPSA) is 100 Å². The van der Waals surface area contributed by atoms with E-state index in [0.29, 0.717) is 17.1 Å². The third-order valence-electron chi connectivity index (χ3n) is 5.52. The summed E-state index contributed by atoms with van der Waals surface area (Å²) < 4.78 is 0. The number of hydrogen-bond donors (Lipinski definition) is 4. The zero-order valence-corrected chi connectivity index (χ0v) is 16.5. The van der Waals surface area contributed by atoms with Gasteiger partial charge in [0.2, 0.25) is 0 Å². The smallest absolute Gasteiger partial charge is 0.280 e. The van der Waals surface area contributed by atoms with Crippen molar-refractivity contribution in [1.29, 1.82) is 0 Å². The van der Waals surface area contributed by atoms with Crippen LogP contribution in [0.5, 0.6) is 5.75 Å². The summed E-state index contributed by atoms with van der Waals surface area (Å²) in [7, 11) is 0. The molecule has 2 heterocycles. The number of quaternary nitrogens is 1. The number of thiophene rings is 1. The van der Waals surface area contributed by atoms with E-state index >= 15 is 0 Å². The maximum Gasteiger partial charge on any atom is 0.280 e. The van der Waals surface area contributed by atoms with Gasteiger partial charge in [0.25, 0.3) is 11.8 Å². The lowest BCUT2D eigenvalue weighted by molar-refractivity contribution is -0.892. The van der Waals surface area contributed by atoms with Crippen LogP contribution in [0.2, 0.25) is 0 Å². The Bertz CT molecular complexity index is 903. The van der Waals surface area contributed by atoms with Crippen molar-refractivity contribution in [3.05, 3.63) is 40.3 Å². The van der Waals surface area contributed by atoms with Crippen LogP contribution in [-0.4, -0.2) is 49.6 Å². The Morgan fingerprint density at radius 1 is 1.21 bits per heavy atom. The Morgan fingerprint density at radius 2 is 1.96 bits per heavy atom. The molecule has 0 atom stereocenters. The molecule has 2 aliphatic rings. The van der Waals surface area contributed by atoms with Crippen molar-refractivity contribution in [2.45, 2.75) is 19.3 Å². The SMILES string of the molecule is NC(=O)c1c(NC(=O)C[NH+]2CCN(c3ccccc3O)CC2)sc2c1CCC2. The van der Waals surface area contributed by atoms with Gasteiger partial charge >= 0.3 is 0 Å². The highest BCUT2D eigenvalue weighted by molar-refractivity contribution is 7.17. The van der Waals surface area contributed by atoms with Crippen LogP contribution in [0, 0.1) is 0 Å². The maximum atomic E-state index is 12.6. The largest absolute Gasteiger partial charge is 0.506 e. The lowest BCUT2D eigenvalue weighted by Crippen LogP contribution is -3.15. The fourth-order valence-electron chi connectivity index (χ4n) is 4.12. The van der Waals surface area contributed by atoms with Crippen LogP contribution in [0.3, 0.4) is 0 Å². The van der Waals surface area contributed by atoms with Crippen LogP contribution in [0.25, 0.3) is 0 Å². The molecule has 0 spiro atoms. The number of carbonyl (C=O) groups is 2. The molecule has 0 radical (unpaired) electrons. The second-order valence-corrected chi connectivity index (χ2v) is 8.48. The summed E-state index contributed by atoms with van der Waals surface area (Å²) in [5.74, 6) is -0.264. The third kappa shape index (κ3) is 3.70. The summed E-state index contributed by atoms with van der Waals surface area (Å²) in [6.45, 7) is 3.53. The highest BCUT2D eigenvalue weighted by Crippen LogP contribution is 2.38. The molecule has 5 N–H and O–H groups in total. The van der Waals surface area contributed by atoms with Gasteiger partial charge in [0.15, 0.2) is 6.54 Å². The number of fused-ring (bicyclic) bond motifs is 1. The molecule has 1 aliphatic carbocycles. The first-order valence-electron chi connectivity index (χ1n) is 9.63. The molecule has 28 heavy (non-hydrogen) atoms. The van der Waals surface area contributed by atoms with Gasteiger partial charge in [-0.1, -0.05) is 12.1 Å². The molecule has 0 unspecified atom stereocenters. The minimum atomic E-state index is -0.460. The number of aromatic hydroxyl groups is 1. The van der Waals surface area contributed by atoms with Crippen LogP contribution in [0.15, 0.2) is 24.3 Å². The minimum absolute atomic E-state index is 0.0894. The van der Waals surface area contributed by atoms with Crippen LogP contribution in [0.1, 0.15) is 27.2 Å². The number of nitrogens with two attached hydrogens (primary N) is 1. The Morgan fingerprint density at radius 3 is 2.68 bits per heavy atom. The molecular formula is C20H25N4O3S+. The van der Waals surface area contributed by atoms with Gasteiger partial charge in [0.1, 0.15) is 10.8 Å². The summed E-state index contributed by atoms with van der Waals surface area (Å²) in [4.78, 5) is 28.9. The van der Waals surface area contributed by atoms with E-state index in [1.807, 2.05) is 18.2 Å². The number of carbonyl (C=O) groups excluding carboxylic acids is 2. The van der Waals surface area contributed by atoms with Crippen LogP contribution >= 0.6 is 11.3 Å². The summed E-state index contributed by atoms with van der Waals surface area (Å²) in [6, 6.07) is 7.33. The van der Waals surface area contributed by atoms with Crippen LogP contribution < -0.4 is 20.9 Å². The number of phenolic OH excluding ortho intramolecular Hbond substituents is 1. The first kappa shape index (κ1) is 18.8. The number of primary amides is 1. The molecule has 1 aliphatic heterocycles. The molecule has 1 aromatic heterocycles. The zero-order chi connectivity index (χ0) is 19.7. The molecule has 2 amide bonds. The van der Waals surface area contributed by atoms with Gasteiger partial charge < -0.3 is 26.0 Å². The molecule has 0 bridgehead atoms. The van der Waals surface area contributed by atoms with E-state index in [4.69, 9.17) is 5.73 Å². The van der Waals surface area contributed by atoms with E-state index in [1.165, 1.54) is 21.1 Å².